The van der Waals surface area contributed by atoms with E-state index >= 15 is 0 Å². The quantitative estimate of drug-likeness (QED) is 0.703. The van der Waals surface area contributed by atoms with Gasteiger partial charge in [0.05, 0.1) is 23.5 Å². The number of ether oxygens (including phenoxy) is 1. The van der Waals surface area contributed by atoms with Gasteiger partial charge in [0.2, 0.25) is 0 Å². The molecule has 0 bridgehead atoms. The van der Waals surface area contributed by atoms with Crippen molar-refractivity contribution in [3.8, 4) is 5.75 Å². The number of benzene rings is 2. The third-order valence-electron chi connectivity index (χ3n) is 4.39. The molecule has 7 heteroatoms. The predicted octanol–water partition coefficient (Wildman–Crippen LogP) is 4.69. The van der Waals surface area contributed by atoms with E-state index < -0.39 is 0 Å². The summed E-state index contributed by atoms with van der Waals surface area (Å²) in [6, 6.07) is 15.7. The predicted molar refractivity (Wildman–Crippen MR) is 113 cm³/mol. The minimum absolute atomic E-state index is 0.00584. The van der Waals surface area contributed by atoms with E-state index in [2.05, 4.69) is 9.89 Å². The first kappa shape index (κ1) is 18.0. The van der Waals surface area contributed by atoms with Crippen LogP contribution in [0.1, 0.15) is 6.92 Å². The first-order chi connectivity index (χ1) is 13.1. The van der Waals surface area contributed by atoms with Gasteiger partial charge in [-0.2, -0.15) is 0 Å². The van der Waals surface area contributed by atoms with Crippen molar-refractivity contribution in [1.82, 2.24) is 4.90 Å². The second-order valence-electron chi connectivity index (χ2n) is 6.01. The van der Waals surface area contributed by atoms with Crippen molar-refractivity contribution in [3.05, 3.63) is 58.5 Å². The lowest BCUT2D eigenvalue weighted by atomic mass is 10.3. The van der Waals surface area contributed by atoms with E-state index in [1.807, 2.05) is 62.5 Å². The number of hydrogen-bond acceptors (Lipinski definition) is 6. The SMILES string of the molecule is CCN1C(=O)C(=C2Sc3ccc(OC)cc3N2C)SC1=Nc1ccccc1. The van der Waals surface area contributed by atoms with Crippen molar-refractivity contribution in [2.24, 2.45) is 4.99 Å². The number of carbonyl (C=O) groups is 1. The number of thioether (sulfide) groups is 2. The number of fused-ring (bicyclic) bond motifs is 1. The maximum atomic E-state index is 13.0. The van der Waals surface area contributed by atoms with E-state index in [0.717, 1.165) is 32.2 Å². The van der Waals surface area contributed by atoms with E-state index in [1.165, 1.54) is 11.8 Å². The van der Waals surface area contributed by atoms with Gasteiger partial charge in [-0.05, 0) is 43.0 Å². The standard InChI is InChI=1S/C20H19N3O2S2/c1-4-23-18(24)17(27-20(23)21-13-8-6-5-7-9-13)19-22(2)15-12-14(25-3)10-11-16(15)26-19/h5-12H,4H2,1-3H3. The Hall–Kier alpha value is -2.38. The molecule has 0 aromatic heterocycles. The molecule has 1 fully saturated rings. The molecular formula is C20H19N3O2S2. The van der Waals surface area contributed by atoms with Gasteiger partial charge in [0.15, 0.2) is 5.17 Å². The number of carbonyl (C=O) groups excluding carboxylic acids is 1. The average molecular weight is 398 g/mol. The molecule has 0 N–H and O–H groups in total. The number of amides is 1. The molecule has 2 aliphatic rings. The summed E-state index contributed by atoms with van der Waals surface area (Å²) in [5.74, 6) is 0.811. The molecule has 2 aliphatic heterocycles. The van der Waals surface area contributed by atoms with Crippen LogP contribution in [0.3, 0.4) is 0 Å². The fraction of sp³-hybridized carbons (Fsp3) is 0.200. The number of aliphatic imine (C=N–C) groups is 1. The number of likely N-dealkylation sites (N-methyl/N-ethyl adjacent to an activating group) is 1. The lowest BCUT2D eigenvalue weighted by molar-refractivity contribution is -0.122. The minimum atomic E-state index is 0.00584. The summed E-state index contributed by atoms with van der Waals surface area (Å²) in [6.45, 7) is 2.56. The van der Waals surface area contributed by atoms with Crippen LogP contribution in [-0.2, 0) is 4.79 Å². The van der Waals surface area contributed by atoms with Gasteiger partial charge < -0.3 is 9.64 Å². The van der Waals surface area contributed by atoms with Crippen LogP contribution in [-0.4, -0.2) is 36.7 Å². The lowest BCUT2D eigenvalue weighted by Crippen LogP contribution is -2.29. The van der Waals surface area contributed by atoms with Crippen molar-refractivity contribution in [2.45, 2.75) is 11.8 Å². The molecule has 2 heterocycles. The normalized spacial score (nSPS) is 20.6. The molecule has 1 saturated heterocycles. The maximum absolute atomic E-state index is 13.0. The van der Waals surface area contributed by atoms with Crippen LogP contribution >= 0.6 is 23.5 Å². The molecule has 2 aromatic rings. The smallest absolute Gasteiger partial charge is 0.269 e. The molecule has 0 saturated carbocycles. The molecule has 0 aliphatic carbocycles. The number of anilines is 1. The van der Waals surface area contributed by atoms with E-state index in [-0.39, 0.29) is 5.91 Å². The monoisotopic (exact) mass is 397 g/mol. The van der Waals surface area contributed by atoms with E-state index in [4.69, 9.17) is 4.74 Å². The Morgan fingerprint density at radius 1 is 1.11 bits per heavy atom. The summed E-state index contributed by atoms with van der Waals surface area (Å²) >= 11 is 3.05. The Balaban J connectivity index is 1.72. The Kier molecular flexibility index (Phi) is 4.88. The maximum Gasteiger partial charge on any atom is 0.269 e. The van der Waals surface area contributed by atoms with Crippen molar-refractivity contribution >= 4 is 46.0 Å². The van der Waals surface area contributed by atoms with E-state index in [9.17, 15) is 4.79 Å². The third-order valence-corrected chi connectivity index (χ3v) is 6.83. The van der Waals surface area contributed by atoms with Crippen LogP contribution in [0.4, 0.5) is 11.4 Å². The van der Waals surface area contributed by atoms with Crippen LogP contribution in [0.25, 0.3) is 0 Å². The summed E-state index contributed by atoms with van der Waals surface area (Å²) in [7, 11) is 3.64. The Labute approximate surface area is 167 Å². The molecular weight excluding hydrogens is 378 g/mol. The molecule has 5 nitrogen and oxygen atoms in total. The van der Waals surface area contributed by atoms with Gasteiger partial charge in [0.1, 0.15) is 10.7 Å². The molecule has 0 atom stereocenters. The van der Waals surface area contributed by atoms with Crippen LogP contribution in [0, 0.1) is 0 Å². The van der Waals surface area contributed by atoms with E-state index in [1.54, 1.807) is 23.8 Å². The van der Waals surface area contributed by atoms with Crippen molar-refractivity contribution in [2.75, 3.05) is 25.6 Å². The molecule has 2 aromatic carbocycles. The topological polar surface area (TPSA) is 45.1 Å². The van der Waals surface area contributed by atoms with Crippen LogP contribution < -0.4 is 9.64 Å². The van der Waals surface area contributed by atoms with Gasteiger partial charge in [0, 0.05) is 24.6 Å². The van der Waals surface area contributed by atoms with Crippen LogP contribution in [0.5, 0.6) is 5.75 Å². The number of para-hydroxylation sites is 1. The molecule has 27 heavy (non-hydrogen) atoms. The van der Waals surface area contributed by atoms with Gasteiger partial charge >= 0.3 is 0 Å². The average Bonchev–Trinajstić information content (AvgIpc) is 3.18. The minimum Gasteiger partial charge on any atom is -0.497 e. The number of methoxy groups -OCH3 is 1. The van der Waals surface area contributed by atoms with Gasteiger partial charge in [-0.3, -0.25) is 9.69 Å². The summed E-state index contributed by atoms with van der Waals surface area (Å²) in [4.78, 5) is 23.4. The zero-order valence-electron chi connectivity index (χ0n) is 15.3. The molecule has 0 unspecified atom stereocenters. The zero-order valence-corrected chi connectivity index (χ0v) is 16.9. The highest BCUT2D eigenvalue weighted by Crippen LogP contribution is 2.50. The largest absolute Gasteiger partial charge is 0.497 e. The zero-order chi connectivity index (χ0) is 19.0. The molecule has 138 valence electrons. The second kappa shape index (κ2) is 7.32. The number of amidine groups is 1. The summed E-state index contributed by atoms with van der Waals surface area (Å²) in [5.41, 5.74) is 1.89. The Bertz CT molecular complexity index is 957. The molecule has 1 amide bonds. The lowest BCUT2D eigenvalue weighted by Gasteiger charge is -2.15. The summed E-state index contributed by atoms with van der Waals surface area (Å²) in [5, 5.41) is 1.66. The highest BCUT2D eigenvalue weighted by Gasteiger charge is 2.38. The van der Waals surface area contributed by atoms with Crippen molar-refractivity contribution in [1.29, 1.82) is 0 Å². The number of rotatable bonds is 3. The van der Waals surface area contributed by atoms with Crippen LogP contribution in [0.15, 0.2) is 68.4 Å². The number of nitrogens with zero attached hydrogens (tertiary/aromatic N) is 3. The van der Waals surface area contributed by atoms with Crippen molar-refractivity contribution in [3.63, 3.8) is 0 Å². The van der Waals surface area contributed by atoms with Gasteiger partial charge in [-0.15, -0.1) is 0 Å². The summed E-state index contributed by atoms with van der Waals surface area (Å²) < 4.78 is 5.34. The first-order valence-electron chi connectivity index (χ1n) is 8.59. The third kappa shape index (κ3) is 3.21. The Morgan fingerprint density at radius 2 is 1.89 bits per heavy atom. The summed E-state index contributed by atoms with van der Waals surface area (Å²) in [6.07, 6.45) is 0. The van der Waals surface area contributed by atoms with Gasteiger partial charge in [-0.25, -0.2) is 4.99 Å². The highest BCUT2D eigenvalue weighted by molar-refractivity contribution is 8.19. The molecule has 4 rings (SSSR count). The number of hydrogen-bond donors (Lipinski definition) is 0. The van der Waals surface area contributed by atoms with Gasteiger partial charge in [0.25, 0.3) is 5.91 Å². The second-order valence-corrected chi connectivity index (χ2v) is 8.02. The molecule has 0 radical (unpaired) electrons. The molecule has 0 spiro atoms. The van der Waals surface area contributed by atoms with Gasteiger partial charge in [-0.1, -0.05) is 30.0 Å². The first-order valence-corrected chi connectivity index (χ1v) is 10.2. The van der Waals surface area contributed by atoms with Crippen molar-refractivity contribution < 1.29 is 9.53 Å². The fourth-order valence-corrected chi connectivity index (χ4v) is 5.35. The highest BCUT2D eigenvalue weighted by atomic mass is 32.2. The van der Waals surface area contributed by atoms with E-state index in [0.29, 0.717) is 11.4 Å². The van der Waals surface area contributed by atoms with Crippen LogP contribution in [0.2, 0.25) is 0 Å². The Morgan fingerprint density at radius 3 is 2.59 bits per heavy atom. The fourth-order valence-electron chi connectivity index (χ4n) is 2.96.